The average molecular weight is 498 g/mol. The van der Waals surface area contributed by atoms with Gasteiger partial charge >= 0.3 is 0 Å². The number of amides is 4. The van der Waals surface area contributed by atoms with Crippen LogP contribution in [-0.2, 0) is 16.1 Å². The highest BCUT2D eigenvalue weighted by molar-refractivity contribution is 6.31. The van der Waals surface area contributed by atoms with Crippen molar-refractivity contribution in [1.29, 1.82) is 0 Å². The molecule has 1 heterocycles. The Morgan fingerprint density at radius 1 is 0.971 bits per heavy atom. The summed E-state index contributed by atoms with van der Waals surface area (Å²) in [6, 6.07) is 13.3. The first-order valence-electron chi connectivity index (χ1n) is 12.1. The van der Waals surface area contributed by atoms with E-state index in [1.54, 1.807) is 35.2 Å². The highest BCUT2D eigenvalue weighted by Gasteiger charge is 2.35. The second kappa shape index (κ2) is 12.0. The van der Waals surface area contributed by atoms with Gasteiger partial charge in [0, 0.05) is 30.6 Å². The predicted molar refractivity (Wildman–Crippen MR) is 135 cm³/mol. The molecule has 0 bridgehead atoms. The molecule has 0 aliphatic carbocycles. The number of halogens is 1. The van der Waals surface area contributed by atoms with Crippen LogP contribution in [0.3, 0.4) is 0 Å². The van der Waals surface area contributed by atoms with Crippen molar-refractivity contribution in [3.8, 4) is 0 Å². The number of imide groups is 1. The van der Waals surface area contributed by atoms with E-state index in [2.05, 4.69) is 5.32 Å². The molecule has 1 aliphatic rings. The Balaban J connectivity index is 1.72. The minimum atomic E-state index is -0.660. The Hall–Kier alpha value is -3.19. The molecule has 4 amide bonds. The first-order valence-corrected chi connectivity index (χ1v) is 12.4. The highest BCUT2D eigenvalue weighted by Crippen LogP contribution is 2.24. The number of hydrogen-bond donors (Lipinski definition) is 1. The summed E-state index contributed by atoms with van der Waals surface area (Å²) < 4.78 is 0. The Bertz CT molecular complexity index is 1070. The average Bonchev–Trinajstić information content (AvgIpc) is 3.09. The summed E-state index contributed by atoms with van der Waals surface area (Å²) in [6.45, 7) is 6.10. The second-order valence-electron chi connectivity index (χ2n) is 8.77. The maximum Gasteiger partial charge on any atom is 0.261 e. The largest absolute Gasteiger partial charge is 0.352 e. The van der Waals surface area contributed by atoms with Gasteiger partial charge in [0.2, 0.25) is 11.8 Å². The number of benzene rings is 2. The normalized spacial score (nSPS) is 14.5. The fourth-order valence-electron chi connectivity index (χ4n) is 4.14. The Kier molecular flexibility index (Phi) is 9.04. The third-order valence-corrected chi connectivity index (χ3v) is 6.70. The molecule has 0 aromatic heterocycles. The van der Waals surface area contributed by atoms with E-state index >= 15 is 0 Å². The molecule has 2 atom stereocenters. The number of carbonyl (C=O) groups is 4. The van der Waals surface area contributed by atoms with Crippen LogP contribution in [0.1, 0.15) is 72.7 Å². The van der Waals surface area contributed by atoms with Gasteiger partial charge in [-0.15, -0.1) is 0 Å². The standard InChI is InChI=1S/C27H32ClN3O4/c1-4-18(3)29-25(33)23(5-2)31(17-19-11-6-9-14-22(19)28)24(32)15-10-16-30-26(34)20-12-7-8-13-21(20)27(30)35/h6-9,11-14,18,23H,4-5,10,15-17H2,1-3H3,(H,29,33). The molecule has 186 valence electrons. The lowest BCUT2D eigenvalue weighted by Crippen LogP contribution is -2.50. The van der Waals surface area contributed by atoms with Crippen molar-refractivity contribution >= 4 is 35.2 Å². The van der Waals surface area contributed by atoms with Gasteiger partial charge in [0.25, 0.3) is 11.8 Å². The molecule has 2 unspecified atom stereocenters. The van der Waals surface area contributed by atoms with Crippen molar-refractivity contribution in [2.24, 2.45) is 0 Å². The number of nitrogens with zero attached hydrogens (tertiary/aromatic N) is 2. The van der Waals surface area contributed by atoms with Crippen molar-refractivity contribution < 1.29 is 19.2 Å². The Morgan fingerprint density at radius 2 is 1.57 bits per heavy atom. The van der Waals surface area contributed by atoms with Gasteiger partial charge in [-0.3, -0.25) is 24.1 Å². The highest BCUT2D eigenvalue weighted by atomic mass is 35.5. The zero-order valence-corrected chi connectivity index (χ0v) is 21.2. The smallest absolute Gasteiger partial charge is 0.261 e. The zero-order chi connectivity index (χ0) is 25.5. The van der Waals surface area contributed by atoms with Gasteiger partial charge < -0.3 is 10.2 Å². The first-order chi connectivity index (χ1) is 16.8. The zero-order valence-electron chi connectivity index (χ0n) is 20.4. The van der Waals surface area contributed by atoms with Crippen LogP contribution in [0.4, 0.5) is 0 Å². The summed E-state index contributed by atoms with van der Waals surface area (Å²) in [5.74, 6) is -1.12. The van der Waals surface area contributed by atoms with Crippen LogP contribution in [0.2, 0.25) is 5.02 Å². The Labute approximate surface area is 211 Å². The Morgan fingerprint density at radius 3 is 2.14 bits per heavy atom. The minimum Gasteiger partial charge on any atom is -0.352 e. The molecule has 0 fully saturated rings. The van der Waals surface area contributed by atoms with E-state index in [0.29, 0.717) is 29.0 Å². The summed E-state index contributed by atoms with van der Waals surface area (Å²) in [7, 11) is 0. The molecule has 8 heteroatoms. The van der Waals surface area contributed by atoms with Gasteiger partial charge in [0.05, 0.1) is 11.1 Å². The predicted octanol–water partition coefficient (Wildman–Crippen LogP) is 4.44. The third-order valence-electron chi connectivity index (χ3n) is 6.34. The van der Waals surface area contributed by atoms with Gasteiger partial charge in [-0.25, -0.2) is 0 Å². The summed E-state index contributed by atoms with van der Waals surface area (Å²) in [5.41, 5.74) is 1.52. The minimum absolute atomic E-state index is 0.0114. The summed E-state index contributed by atoms with van der Waals surface area (Å²) in [4.78, 5) is 54.4. The molecule has 1 aliphatic heterocycles. The lowest BCUT2D eigenvalue weighted by atomic mass is 10.1. The van der Waals surface area contributed by atoms with Gasteiger partial charge in [-0.2, -0.15) is 0 Å². The number of hydrogen-bond acceptors (Lipinski definition) is 4. The van der Waals surface area contributed by atoms with Crippen LogP contribution >= 0.6 is 11.6 Å². The summed E-state index contributed by atoms with van der Waals surface area (Å²) in [5, 5.41) is 3.50. The van der Waals surface area contributed by atoms with Crippen molar-refractivity contribution in [3.05, 3.63) is 70.2 Å². The van der Waals surface area contributed by atoms with Crippen molar-refractivity contribution in [2.75, 3.05) is 6.54 Å². The molecule has 0 radical (unpaired) electrons. The molecule has 7 nitrogen and oxygen atoms in total. The van der Waals surface area contributed by atoms with Crippen LogP contribution in [0.25, 0.3) is 0 Å². The van der Waals surface area contributed by atoms with Gasteiger partial charge in [0.15, 0.2) is 0 Å². The fourth-order valence-corrected chi connectivity index (χ4v) is 4.34. The van der Waals surface area contributed by atoms with Crippen molar-refractivity contribution in [2.45, 2.75) is 65.1 Å². The number of carbonyl (C=O) groups excluding carboxylic acids is 4. The maximum atomic E-state index is 13.4. The quantitative estimate of drug-likeness (QED) is 0.465. The van der Waals surface area contributed by atoms with E-state index in [1.165, 1.54) is 4.90 Å². The molecule has 0 saturated heterocycles. The first kappa shape index (κ1) is 26.4. The van der Waals surface area contributed by atoms with Gasteiger partial charge in [-0.1, -0.05) is 55.8 Å². The van der Waals surface area contributed by atoms with E-state index < -0.39 is 6.04 Å². The van der Waals surface area contributed by atoms with E-state index in [-0.39, 0.29) is 49.2 Å². The van der Waals surface area contributed by atoms with Crippen LogP contribution in [0.15, 0.2) is 48.5 Å². The molecule has 0 saturated carbocycles. The monoisotopic (exact) mass is 497 g/mol. The maximum absolute atomic E-state index is 13.4. The van der Waals surface area contributed by atoms with Crippen LogP contribution in [-0.4, -0.2) is 52.1 Å². The van der Waals surface area contributed by atoms with E-state index in [4.69, 9.17) is 11.6 Å². The molecular weight excluding hydrogens is 466 g/mol. The lowest BCUT2D eigenvalue weighted by Gasteiger charge is -2.32. The lowest BCUT2D eigenvalue weighted by molar-refractivity contribution is -0.141. The van der Waals surface area contributed by atoms with Gasteiger partial charge in [0.1, 0.15) is 6.04 Å². The van der Waals surface area contributed by atoms with Crippen LogP contribution in [0, 0.1) is 0 Å². The van der Waals surface area contributed by atoms with Crippen LogP contribution in [0.5, 0.6) is 0 Å². The molecule has 2 aromatic carbocycles. The number of nitrogens with one attached hydrogen (secondary N) is 1. The third kappa shape index (κ3) is 6.09. The summed E-state index contributed by atoms with van der Waals surface area (Å²) in [6.07, 6.45) is 1.61. The number of rotatable bonds is 11. The van der Waals surface area contributed by atoms with E-state index in [9.17, 15) is 19.2 Å². The molecule has 2 aromatic rings. The summed E-state index contributed by atoms with van der Waals surface area (Å²) >= 11 is 6.35. The van der Waals surface area contributed by atoms with E-state index in [0.717, 1.165) is 12.0 Å². The molecule has 1 N–H and O–H groups in total. The van der Waals surface area contributed by atoms with E-state index in [1.807, 2.05) is 39.0 Å². The SMILES string of the molecule is CCC(C)NC(=O)C(CC)N(Cc1ccccc1Cl)C(=O)CCCN1C(=O)c2ccccc2C1=O. The topological polar surface area (TPSA) is 86.8 Å². The second-order valence-corrected chi connectivity index (χ2v) is 9.17. The molecule has 35 heavy (non-hydrogen) atoms. The molecular formula is C27H32ClN3O4. The molecule has 3 rings (SSSR count). The van der Waals surface area contributed by atoms with Crippen molar-refractivity contribution in [3.63, 3.8) is 0 Å². The molecule has 0 spiro atoms. The fraction of sp³-hybridized carbons (Fsp3) is 0.407. The van der Waals surface area contributed by atoms with Crippen molar-refractivity contribution in [1.82, 2.24) is 15.1 Å². The van der Waals surface area contributed by atoms with Crippen LogP contribution < -0.4 is 5.32 Å². The van der Waals surface area contributed by atoms with Gasteiger partial charge in [-0.05, 0) is 49.9 Å². The number of fused-ring (bicyclic) bond motifs is 1.